The molecule has 6 heteroatoms. The summed E-state index contributed by atoms with van der Waals surface area (Å²) in [5.74, 6) is 0. The second kappa shape index (κ2) is 9.56. The van der Waals surface area contributed by atoms with E-state index in [-0.39, 0.29) is 25.4 Å². The fourth-order valence-electron chi connectivity index (χ4n) is 0.813. The molecule has 0 amide bonds. The van der Waals surface area contributed by atoms with E-state index in [1.54, 1.807) is 13.8 Å². The first-order valence-electron chi connectivity index (χ1n) is 6.16. The molecule has 2 unspecified atom stereocenters. The van der Waals surface area contributed by atoms with Crippen LogP contribution in [0.15, 0.2) is 0 Å². The fraction of sp³-hybridized carbons (Fsp3) is 0.833. The zero-order chi connectivity index (χ0) is 14.0. The molecular weight excluding hydrogens is 240 g/mol. The van der Waals surface area contributed by atoms with Crippen LogP contribution in [0.2, 0.25) is 0 Å². The van der Waals surface area contributed by atoms with E-state index < -0.39 is 12.3 Å². The molecule has 0 saturated carbocycles. The lowest BCUT2D eigenvalue weighted by molar-refractivity contribution is -0.00319. The quantitative estimate of drug-likeness (QED) is 0.519. The standard InChI is InChI=1S/C12H22O6/c1-5-9(3)17-11(13)15-7-8-16-12(14)18-10(4)6-2/h9-10H,5-8H2,1-4H3. The van der Waals surface area contributed by atoms with Crippen LogP contribution < -0.4 is 0 Å². The van der Waals surface area contributed by atoms with Crippen molar-refractivity contribution in [1.82, 2.24) is 0 Å². The van der Waals surface area contributed by atoms with Gasteiger partial charge in [0.2, 0.25) is 0 Å². The molecule has 0 aromatic rings. The lowest BCUT2D eigenvalue weighted by Crippen LogP contribution is -2.20. The molecule has 0 aliphatic carbocycles. The number of rotatable bonds is 7. The van der Waals surface area contributed by atoms with Gasteiger partial charge < -0.3 is 18.9 Å². The molecule has 0 aromatic heterocycles. The summed E-state index contributed by atoms with van der Waals surface area (Å²) in [6.07, 6.45) is -0.464. The van der Waals surface area contributed by atoms with Gasteiger partial charge in [0, 0.05) is 0 Å². The van der Waals surface area contributed by atoms with Gasteiger partial charge >= 0.3 is 12.3 Å². The predicted octanol–water partition coefficient (Wildman–Crippen LogP) is 2.89. The highest BCUT2D eigenvalue weighted by atomic mass is 16.8. The van der Waals surface area contributed by atoms with Crippen LogP contribution in [0, 0.1) is 0 Å². The third kappa shape index (κ3) is 8.66. The molecule has 0 saturated heterocycles. The van der Waals surface area contributed by atoms with Gasteiger partial charge in [0.1, 0.15) is 25.4 Å². The maximum absolute atomic E-state index is 11.1. The minimum atomic E-state index is -0.761. The molecule has 106 valence electrons. The van der Waals surface area contributed by atoms with Crippen molar-refractivity contribution in [2.75, 3.05) is 13.2 Å². The minimum absolute atomic E-state index is 0.0507. The zero-order valence-electron chi connectivity index (χ0n) is 11.4. The monoisotopic (exact) mass is 262 g/mol. The van der Waals surface area contributed by atoms with Gasteiger partial charge in [0.15, 0.2) is 0 Å². The van der Waals surface area contributed by atoms with Crippen molar-refractivity contribution >= 4 is 12.3 Å². The predicted molar refractivity (Wildman–Crippen MR) is 64.4 cm³/mol. The highest BCUT2D eigenvalue weighted by Crippen LogP contribution is 2.00. The molecule has 0 N–H and O–H groups in total. The summed E-state index contributed by atoms with van der Waals surface area (Å²) in [4.78, 5) is 22.1. The first kappa shape index (κ1) is 16.5. The molecule has 0 rings (SSSR count). The summed E-state index contributed by atoms with van der Waals surface area (Å²) in [6, 6.07) is 0. The second-order valence-corrected chi connectivity index (χ2v) is 3.87. The van der Waals surface area contributed by atoms with Crippen LogP contribution in [-0.2, 0) is 18.9 Å². The van der Waals surface area contributed by atoms with Crippen molar-refractivity contribution in [3.63, 3.8) is 0 Å². The number of carbonyl (C=O) groups is 2. The van der Waals surface area contributed by atoms with E-state index in [9.17, 15) is 9.59 Å². The van der Waals surface area contributed by atoms with Crippen molar-refractivity contribution in [1.29, 1.82) is 0 Å². The van der Waals surface area contributed by atoms with Crippen molar-refractivity contribution in [3.8, 4) is 0 Å². The Balaban J connectivity index is 3.55. The van der Waals surface area contributed by atoms with Crippen LogP contribution in [0.3, 0.4) is 0 Å². The Kier molecular flexibility index (Phi) is 8.78. The molecular formula is C12H22O6. The van der Waals surface area contributed by atoms with Gasteiger partial charge in [-0.05, 0) is 26.7 Å². The van der Waals surface area contributed by atoms with E-state index in [0.29, 0.717) is 12.8 Å². The molecule has 6 nitrogen and oxygen atoms in total. The van der Waals surface area contributed by atoms with Crippen LogP contribution in [-0.4, -0.2) is 37.7 Å². The third-order valence-electron chi connectivity index (χ3n) is 2.27. The maximum atomic E-state index is 11.1. The number of hydrogen-bond donors (Lipinski definition) is 0. The lowest BCUT2D eigenvalue weighted by Gasteiger charge is -2.12. The van der Waals surface area contributed by atoms with Gasteiger partial charge in [0.25, 0.3) is 0 Å². The van der Waals surface area contributed by atoms with Crippen molar-refractivity contribution < 1.29 is 28.5 Å². The fourth-order valence-corrected chi connectivity index (χ4v) is 0.813. The van der Waals surface area contributed by atoms with Crippen LogP contribution >= 0.6 is 0 Å². The zero-order valence-corrected chi connectivity index (χ0v) is 11.4. The molecule has 2 atom stereocenters. The number of hydrogen-bond acceptors (Lipinski definition) is 6. The average molecular weight is 262 g/mol. The maximum Gasteiger partial charge on any atom is 0.508 e. The van der Waals surface area contributed by atoms with Gasteiger partial charge in [-0.3, -0.25) is 0 Å². The number of carbonyl (C=O) groups excluding carboxylic acids is 2. The summed E-state index contributed by atoms with van der Waals surface area (Å²) in [7, 11) is 0. The normalized spacial score (nSPS) is 13.3. The smallest absolute Gasteiger partial charge is 0.431 e. The molecule has 0 spiro atoms. The number of ether oxygens (including phenoxy) is 4. The van der Waals surface area contributed by atoms with Gasteiger partial charge in [-0.15, -0.1) is 0 Å². The first-order chi connectivity index (χ1) is 8.49. The molecule has 0 aliphatic rings. The van der Waals surface area contributed by atoms with E-state index in [0.717, 1.165) is 0 Å². The van der Waals surface area contributed by atoms with E-state index in [1.165, 1.54) is 0 Å². The van der Waals surface area contributed by atoms with Crippen molar-refractivity contribution in [2.24, 2.45) is 0 Å². The third-order valence-corrected chi connectivity index (χ3v) is 2.27. The average Bonchev–Trinajstić information content (AvgIpc) is 2.34. The van der Waals surface area contributed by atoms with Gasteiger partial charge in [-0.1, -0.05) is 13.8 Å². The Morgan fingerprint density at radius 3 is 1.44 bits per heavy atom. The summed E-state index contributed by atoms with van der Waals surface area (Å²) in [6.45, 7) is 7.22. The van der Waals surface area contributed by atoms with Crippen LogP contribution in [0.25, 0.3) is 0 Å². The molecule has 0 bridgehead atoms. The lowest BCUT2D eigenvalue weighted by atomic mass is 10.3. The Hall–Kier alpha value is -1.46. The molecule has 0 aliphatic heterocycles. The van der Waals surface area contributed by atoms with Crippen LogP contribution in [0.4, 0.5) is 9.59 Å². The highest BCUT2D eigenvalue weighted by molar-refractivity contribution is 5.61. The van der Waals surface area contributed by atoms with E-state index in [4.69, 9.17) is 18.9 Å². The summed E-state index contributed by atoms with van der Waals surface area (Å²) in [5, 5.41) is 0. The second-order valence-electron chi connectivity index (χ2n) is 3.87. The summed E-state index contributed by atoms with van der Waals surface area (Å²) >= 11 is 0. The largest absolute Gasteiger partial charge is 0.508 e. The summed E-state index contributed by atoms with van der Waals surface area (Å²) < 4.78 is 19.1. The van der Waals surface area contributed by atoms with Crippen molar-refractivity contribution in [3.05, 3.63) is 0 Å². The van der Waals surface area contributed by atoms with E-state index in [2.05, 4.69) is 0 Å². The highest BCUT2D eigenvalue weighted by Gasteiger charge is 2.11. The Morgan fingerprint density at radius 2 is 1.17 bits per heavy atom. The first-order valence-corrected chi connectivity index (χ1v) is 6.16. The topological polar surface area (TPSA) is 71.1 Å². The van der Waals surface area contributed by atoms with E-state index in [1.807, 2.05) is 13.8 Å². The molecule has 18 heavy (non-hydrogen) atoms. The Labute approximate surface area is 108 Å². The van der Waals surface area contributed by atoms with Crippen LogP contribution in [0.1, 0.15) is 40.5 Å². The Morgan fingerprint density at radius 1 is 0.833 bits per heavy atom. The summed E-state index contributed by atoms with van der Waals surface area (Å²) in [5.41, 5.74) is 0. The SMILES string of the molecule is CCC(C)OC(=O)OCCOC(=O)OC(C)CC. The van der Waals surface area contributed by atoms with E-state index >= 15 is 0 Å². The van der Waals surface area contributed by atoms with Gasteiger partial charge in [-0.25, -0.2) is 9.59 Å². The van der Waals surface area contributed by atoms with Crippen molar-refractivity contribution in [2.45, 2.75) is 52.7 Å². The van der Waals surface area contributed by atoms with Crippen LogP contribution in [0.5, 0.6) is 0 Å². The van der Waals surface area contributed by atoms with Gasteiger partial charge in [-0.2, -0.15) is 0 Å². The van der Waals surface area contributed by atoms with Gasteiger partial charge in [0.05, 0.1) is 0 Å². The Bertz CT molecular complexity index is 227. The molecule has 0 aromatic carbocycles. The molecule has 0 heterocycles. The molecule has 0 radical (unpaired) electrons. The molecule has 0 fully saturated rings. The minimum Gasteiger partial charge on any atom is -0.431 e.